The van der Waals surface area contributed by atoms with E-state index in [2.05, 4.69) is 43.2 Å². The van der Waals surface area contributed by atoms with Crippen molar-refractivity contribution in [3.8, 4) is 0 Å². The molecule has 3 N–H and O–H groups in total. The monoisotopic (exact) mass is 340 g/mol. The fraction of sp³-hybridized carbons (Fsp3) is 0.789. The lowest BCUT2D eigenvalue weighted by Gasteiger charge is -2.62. The van der Waals surface area contributed by atoms with Crippen LogP contribution in [0.1, 0.15) is 68.2 Å². The molecule has 2 bridgehead atoms. The van der Waals surface area contributed by atoms with Gasteiger partial charge < -0.3 is 10.6 Å². The van der Waals surface area contributed by atoms with Gasteiger partial charge in [0.25, 0.3) is 0 Å². The lowest BCUT2D eigenvalue weighted by molar-refractivity contribution is -0.0537. The van der Waals surface area contributed by atoms with Crippen molar-refractivity contribution < 1.29 is 0 Å². The van der Waals surface area contributed by atoms with E-state index in [0.29, 0.717) is 23.5 Å². The molecular weight excluding hydrogens is 312 g/mol. The predicted molar refractivity (Wildman–Crippen MR) is 94.7 cm³/mol. The van der Waals surface area contributed by atoms with E-state index in [-0.39, 0.29) is 0 Å². The van der Waals surface area contributed by atoms with Crippen LogP contribution < -0.4 is 16.0 Å². The Labute approximate surface area is 148 Å². The van der Waals surface area contributed by atoms with Crippen LogP contribution >= 0.6 is 0 Å². The predicted octanol–water partition coefficient (Wildman–Crippen LogP) is 1.78. The Kier molecular flexibility index (Phi) is 3.12. The summed E-state index contributed by atoms with van der Waals surface area (Å²) >= 11 is 0. The summed E-state index contributed by atoms with van der Waals surface area (Å²) in [5, 5.41) is 19.8. The first kappa shape index (κ1) is 14.7. The van der Waals surface area contributed by atoms with Crippen molar-refractivity contribution >= 4 is 0 Å². The van der Waals surface area contributed by atoms with E-state index in [1.165, 1.54) is 62.9 Å². The van der Waals surface area contributed by atoms with Gasteiger partial charge in [-0.05, 0) is 69.5 Å². The van der Waals surface area contributed by atoms with Gasteiger partial charge in [-0.1, -0.05) is 11.3 Å². The zero-order valence-electron chi connectivity index (χ0n) is 14.7. The highest BCUT2D eigenvalue weighted by molar-refractivity contribution is 5.30. The van der Waals surface area contributed by atoms with E-state index in [4.69, 9.17) is 0 Å². The first-order valence-electron chi connectivity index (χ1n) is 10.1. The Morgan fingerprint density at radius 3 is 2.80 bits per heavy atom. The molecule has 134 valence electrons. The minimum atomic E-state index is 0.318. The molecule has 4 saturated carbocycles. The van der Waals surface area contributed by atoms with Gasteiger partial charge in [-0.25, -0.2) is 4.68 Å². The molecule has 1 aromatic heterocycles. The number of rotatable bonds is 4. The van der Waals surface area contributed by atoms with Gasteiger partial charge in [0.15, 0.2) is 0 Å². The molecule has 0 amide bonds. The third-order valence-electron chi connectivity index (χ3n) is 7.55. The van der Waals surface area contributed by atoms with E-state index in [0.717, 1.165) is 18.5 Å². The standard InChI is InChI=1S/C19H28N6/c1-3-14(4-2-12(1)10-22-19-7-13(8-19)9-19)16-17-15-5-6-20-18(15)21-11-25(17)24-23-16/h5-6,12-15,18,20-22H,1-4,7-11H2/t12-,13?,14-,15?,18?,19?. The third kappa shape index (κ3) is 2.23. The van der Waals surface area contributed by atoms with Gasteiger partial charge in [0.1, 0.15) is 0 Å². The van der Waals surface area contributed by atoms with Crippen molar-refractivity contribution in [3.63, 3.8) is 0 Å². The van der Waals surface area contributed by atoms with Gasteiger partial charge in [0.05, 0.1) is 30.1 Å². The normalized spacial score (nSPS) is 43.6. The molecular formula is C19H28N6. The summed E-state index contributed by atoms with van der Waals surface area (Å²) in [5.41, 5.74) is 3.20. The number of fused-ring (bicyclic) bond motifs is 3. The fourth-order valence-corrected chi connectivity index (χ4v) is 5.88. The second kappa shape index (κ2) is 5.30. The van der Waals surface area contributed by atoms with Gasteiger partial charge in [-0.2, -0.15) is 0 Å². The minimum absolute atomic E-state index is 0.318. The SMILES string of the molecule is C1=CC2c3c([C@H]4CC[C@H](CNC56CC(C5)C6)CC4)nnn3CNC2N1. The van der Waals surface area contributed by atoms with Crippen molar-refractivity contribution in [2.75, 3.05) is 6.54 Å². The van der Waals surface area contributed by atoms with Crippen LogP contribution in [-0.4, -0.2) is 33.2 Å². The number of hydrogen-bond acceptors (Lipinski definition) is 5. The summed E-state index contributed by atoms with van der Waals surface area (Å²) < 4.78 is 2.07. The number of nitrogens with zero attached hydrogens (tertiary/aromatic N) is 3. The van der Waals surface area contributed by atoms with E-state index >= 15 is 0 Å². The summed E-state index contributed by atoms with van der Waals surface area (Å²) in [4.78, 5) is 0. The lowest BCUT2D eigenvalue weighted by atomic mass is 9.50. The maximum Gasteiger partial charge on any atom is 0.0941 e. The van der Waals surface area contributed by atoms with Gasteiger partial charge in [0.2, 0.25) is 0 Å². The van der Waals surface area contributed by atoms with E-state index in [1.54, 1.807) is 0 Å². The molecule has 1 aromatic rings. The molecule has 0 saturated heterocycles. The van der Waals surface area contributed by atoms with Crippen LogP contribution in [0.25, 0.3) is 0 Å². The Bertz CT molecular complexity index is 684. The maximum absolute atomic E-state index is 4.62. The van der Waals surface area contributed by atoms with Crippen LogP contribution in [-0.2, 0) is 6.67 Å². The summed E-state index contributed by atoms with van der Waals surface area (Å²) in [6.07, 6.45) is 14.2. The van der Waals surface area contributed by atoms with Gasteiger partial charge in [0, 0.05) is 11.5 Å². The largest absolute Gasteiger partial charge is 0.375 e. The molecule has 2 atom stereocenters. The number of aromatic nitrogens is 3. The summed E-state index contributed by atoms with van der Waals surface area (Å²) in [6, 6.07) is 0. The quantitative estimate of drug-likeness (QED) is 0.780. The molecule has 2 aliphatic heterocycles. The Morgan fingerprint density at radius 1 is 1.20 bits per heavy atom. The van der Waals surface area contributed by atoms with Crippen molar-refractivity contribution in [1.29, 1.82) is 0 Å². The Balaban J connectivity index is 1.12. The van der Waals surface area contributed by atoms with E-state index in [9.17, 15) is 0 Å². The molecule has 0 radical (unpaired) electrons. The van der Waals surface area contributed by atoms with Crippen LogP contribution in [0.5, 0.6) is 0 Å². The smallest absolute Gasteiger partial charge is 0.0941 e. The van der Waals surface area contributed by atoms with E-state index < -0.39 is 0 Å². The van der Waals surface area contributed by atoms with Gasteiger partial charge in [-0.3, -0.25) is 5.32 Å². The first-order chi connectivity index (χ1) is 12.3. The Morgan fingerprint density at radius 2 is 2.04 bits per heavy atom. The maximum atomic E-state index is 4.62. The molecule has 2 unspecified atom stereocenters. The number of hydrogen-bond donors (Lipinski definition) is 3. The zero-order chi connectivity index (χ0) is 16.4. The molecule has 4 aliphatic carbocycles. The van der Waals surface area contributed by atoms with Crippen LogP contribution in [0.2, 0.25) is 0 Å². The molecule has 6 aliphatic rings. The van der Waals surface area contributed by atoms with Crippen LogP contribution in [0, 0.1) is 11.8 Å². The zero-order valence-corrected chi connectivity index (χ0v) is 14.7. The van der Waals surface area contributed by atoms with Crippen molar-refractivity contribution in [2.24, 2.45) is 11.8 Å². The highest BCUT2D eigenvalue weighted by Crippen LogP contribution is 2.57. The topological polar surface area (TPSA) is 66.8 Å². The van der Waals surface area contributed by atoms with Crippen LogP contribution in [0.15, 0.2) is 12.3 Å². The fourth-order valence-electron chi connectivity index (χ4n) is 5.88. The number of nitrogens with one attached hydrogen (secondary N) is 3. The third-order valence-corrected chi connectivity index (χ3v) is 7.55. The van der Waals surface area contributed by atoms with Crippen molar-refractivity contribution in [2.45, 2.75) is 75.2 Å². The average molecular weight is 340 g/mol. The van der Waals surface area contributed by atoms with Gasteiger partial charge in [-0.15, -0.1) is 5.10 Å². The molecule has 4 fully saturated rings. The molecule has 0 aromatic carbocycles. The second-order valence-electron chi connectivity index (χ2n) is 9.11. The molecule has 25 heavy (non-hydrogen) atoms. The molecule has 7 rings (SSSR count). The minimum Gasteiger partial charge on any atom is -0.375 e. The van der Waals surface area contributed by atoms with Crippen LogP contribution in [0.4, 0.5) is 0 Å². The van der Waals surface area contributed by atoms with E-state index in [1.807, 2.05) is 0 Å². The summed E-state index contributed by atoms with van der Waals surface area (Å²) in [5.74, 6) is 2.91. The molecule has 6 nitrogen and oxygen atoms in total. The molecule has 6 heteroatoms. The second-order valence-corrected chi connectivity index (χ2v) is 9.11. The highest BCUT2D eigenvalue weighted by Gasteiger charge is 2.56. The molecule has 3 heterocycles. The van der Waals surface area contributed by atoms with Gasteiger partial charge >= 0.3 is 0 Å². The first-order valence-corrected chi connectivity index (χ1v) is 10.1. The average Bonchev–Trinajstić information content (AvgIpc) is 3.18. The molecule has 0 spiro atoms. The summed E-state index contributed by atoms with van der Waals surface area (Å²) in [6.45, 7) is 2.00. The van der Waals surface area contributed by atoms with Crippen molar-refractivity contribution in [3.05, 3.63) is 23.7 Å². The summed E-state index contributed by atoms with van der Waals surface area (Å²) in [7, 11) is 0. The highest BCUT2D eigenvalue weighted by atomic mass is 15.5. The van der Waals surface area contributed by atoms with Crippen molar-refractivity contribution in [1.82, 2.24) is 30.9 Å². The Hall–Kier alpha value is -1.40. The van der Waals surface area contributed by atoms with Crippen LogP contribution in [0.3, 0.4) is 0 Å². The lowest BCUT2D eigenvalue weighted by Crippen LogP contribution is -2.67.